The molecule has 0 amide bonds. The van der Waals surface area contributed by atoms with Gasteiger partial charge in [0.15, 0.2) is 5.82 Å². The second-order valence-corrected chi connectivity index (χ2v) is 9.62. The third kappa shape index (κ3) is 4.98. The molecule has 4 aromatic rings. The Morgan fingerprint density at radius 2 is 1.89 bits per heavy atom. The van der Waals surface area contributed by atoms with Crippen molar-refractivity contribution >= 4 is 11.6 Å². The van der Waals surface area contributed by atoms with Gasteiger partial charge in [-0.1, -0.05) is 12.1 Å². The molecule has 37 heavy (non-hydrogen) atoms. The minimum absolute atomic E-state index is 0.0433. The predicted molar refractivity (Wildman–Crippen MR) is 142 cm³/mol. The van der Waals surface area contributed by atoms with Crippen LogP contribution in [0.25, 0.3) is 17.1 Å². The van der Waals surface area contributed by atoms with Gasteiger partial charge in [0.2, 0.25) is 0 Å². The lowest BCUT2D eigenvalue weighted by Gasteiger charge is -2.13. The summed E-state index contributed by atoms with van der Waals surface area (Å²) in [5, 5.41) is 22.4. The standard InChI is InChI=1S/C28H32N8O/c1-6-37-20(5)26-18(3)33-36(19(26)4)25-13-24(30-16-31-25)32-28-17(2)27(34-35(28)15-22-7-8-22)23-11-9-21(14-29)10-12-23/h9-13,16,20,22H,6-8,15H2,1-5H3,(H,30,31,32). The van der Waals surface area contributed by atoms with Crippen molar-refractivity contribution in [2.75, 3.05) is 11.9 Å². The second kappa shape index (κ2) is 10.1. The molecule has 190 valence electrons. The zero-order valence-electron chi connectivity index (χ0n) is 22.0. The number of hydrogen-bond acceptors (Lipinski definition) is 7. The van der Waals surface area contributed by atoms with Crippen molar-refractivity contribution in [3.05, 3.63) is 64.7 Å². The zero-order chi connectivity index (χ0) is 26.1. The molecule has 0 saturated heterocycles. The van der Waals surface area contributed by atoms with Crippen LogP contribution in [-0.2, 0) is 11.3 Å². The van der Waals surface area contributed by atoms with E-state index in [9.17, 15) is 0 Å². The van der Waals surface area contributed by atoms with Gasteiger partial charge in [0.25, 0.3) is 0 Å². The lowest BCUT2D eigenvalue weighted by atomic mass is 10.1. The maximum absolute atomic E-state index is 9.16. The first-order valence-corrected chi connectivity index (χ1v) is 12.7. The van der Waals surface area contributed by atoms with E-state index < -0.39 is 0 Å². The predicted octanol–water partition coefficient (Wildman–Crippen LogP) is 5.57. The topological polar surface area (TPSA) is 106 Å². The van der Waals surface area contributed by atoms with Crippen molar-refractivity contribution in [3.63, 3.8) is 0 Å². The minimum Gasteiger partial charge on any atom is -0.374 e. The molecule has 1 N–H and O–H groups in total. The first-order valence-electron chi connectivity index (χ1n) is 12.7. The fourth-order valence-corrected chi connectivity index (χ4v) is 4.82. The summed E-state index contributed by atoms with van der Waals surface area (Å²) < 4.78 is 9.73. The number of nitriles is 1. The highest BCUT2D eigenvalue weighted by Gasteiger charge is 2.26. The second-order valence-electron chi connectivity index (χ2n) is 9.62. The number of aromatic nitrogens is 6. The van der Waals surface area contributed by atoms with Crippen LogP contribution in [0.5, 0.6) is 0 Å². The van der Waals surface area contributed by atoms with Crippen LogP contribution in [0, 0.1) is 38.0 Å². The maximum atomic E-state index is 9.16. The normalized spacial score (nSPS) is 13.9. The van der Waals surface area contributed by atoms with Gasteiger partial charge in [-0.3, -0.25) is 0 Å². The first kappa shape index (κ1) is 24.7. The van der Waals surface area contributed by atoms with Crippen LogP contribution in [0.3, 0.4) is 0 Å². The third-order valence-electron chi connectivity index (χ3n) is 6.89. The van der Waals surface area contributed by atoms with Crippen LogP contribution in [0.2, 0.25) is 0 Å². The first-order chi connectivity index (χ1) is 17.9. The van der Waals surface area contributed by atoms with Gasteiger partial charge >= 0.3 is 0 Å². The molecule has 1 unspecified atom stereocenters. The number of benzene rings is 1. The van der Waals surface area contributed by atoms with Gasteiger partial charge in [0.1, 0.15) is 18.0 Å². The molecule has 1 aromatic carbocycles. The third-order valence-corrected chi connectivity index (χ3v) is 6.89. The van der Waals surface area contributed by atoms with Crippen molar-refractivity contribution in [1.82, 2.24) is 29.5 Å². The van der Waals surface area contributed by atoms with Crippen LogP contribution in [-0.4, -0.2) is 36.1 Å². The van der Waals surface area contributed by atoms with Gasteiger partial charge in [-0.15, -0.1) is 0 Å². The number of hydrogen-bond donors (Lipinski definition) is 1. The molecule has 0 aliphatic heterocycles. The number of nitrogens with one attached hydrogen (secondary N) is 1. The van der Waals surface area contributed by atoms with Crippen LogP contribution in [0.15, 0.2) is 36.7 Å². The van der Waals surface area contributed by atoms with Crippen LogP contribution in [0.1, 0.15) is 60.9 Å². The van der Waals surface area contributed by atoms with Crippen molar-refractivity contribution in [3.8, 4) is 23.1 Å². The summed E-state index contributed by atoms with van der Waals surface area (Å²) >= 11 is 0. The Bertz CT molecular complexity index is 1460. The van der Waals surface area contributed by atoms with Crippen LogP contribution < -0.4 is 5.32 Å². The van der Waals surface area contributed by atoms with E-state index in [1.807, 2.05) is 67.4 Å². The molecule has 9 nitrogen and oxygen atoms in total. The average Bonchev–Trinajstić information content (AvgIpc) is 3.60. The number of rotatable bonds is 9. The highest BCUT2D eigenvalue weighted by molar-refractivity contribution is 5.72. The molecule has 3 heterocycles. The molecule has 0 radical (unpaired) electrons. The molecule has 1 aliphatic carbocycles. The number of ether oxygens (including phenoxy) is 1. The number of anilines is 2. The molecule has 5 rings (SSSR count). The van der Waals surface area contributed by atoms with E-state index in [2.05, 4.69) is 28.3 Å². The van der Waals surface area contributed by atoms with E-state index in [0.29, 0.717) is 29.7 Å². The molecule has 0 spiro atoms. The van der Waals surface area contributed by atoms with Crippen molar-refractivity contribution in [2.45, 2.75) is 60.1 Å². The molecular formula is C28H32N8O. The van der Waals surface area contributed by atoms with E-state index in [0.717, 1.165) is 46.1 Å². The van der Waals surface area contributed by atoms with E-state index >= 15 is 0 Å². The van der Waals surface area contributed by atoms with E-state index in [1.165, 1.54) is 12.8 Å². The Hall–Kier alpha value is -4.03. The fraction of sp³-hybridized carbons (Fsp3) is 0.393. The van der Waals surface area contributed by atoms with Gasteiger partial charge in [-0.05, 0) is 65.5 Å². The van der Waals surface area contributed by atoms with Gasteiger partial charge in [0.05, 0.1) is 29.1 Å². The van der Waals surface area contributed by atoms with Gasteiger partial charge in [-0.25, -0.2) is 19.3 Å². The molecule has 3 aromatic heterocycles. The van der Waals surface area contributed by atoms with Crippen molar-refractivity contribution < 1.29 is 4.74 Å². The van der Waals surface area contributed by atoms with Crippen LogP contribution in [0.4, 0.5) is 11.6 Å². The molecule has 1 atom stereocenters. The summed E-state index contributed by atoms with van der Waals surface area (Å²) in [5.41, 5.74) is 6.56. The molecule has 1 fully saturated rings. The van der Waals surface area contributed by atoms with Gasteiger partial charge in [0, 0.05) is 41.6 Å². The minimum atomic E-state index is -0.0433. The molecule has 1 aliphatic rings. The average molecular weight is 497 g/mol. The van der Waals surface area contributed by atoms with Gasteiger partial charge < -0.3 is 10.1 Å². The summed E-state index contributed by atoms with van der Waals surface area (Å²) in [6.07, 6.45) is 3.96. The summed E-state index contributed by atoms with van der Waals surface area (Å²) in [5.74, 6) is 2.92. The summed E-state index contributed by atoms with van der Waals surface area (Å²) in [7, 11) is 0. The van der Waals surface area contributed by atoms with E-state index in [-0.39, 0.29) is 6.10 Å². The SMILES string of the molecule is CCOC(C)c1c(C)nn(-c2cc(Nc3c(C)c(-c4ccc(C#N)cc4)nn3CC3CC3)ncn2)c1C. The Kier molecular flexibility index (Phi) is 6.76. The quantitative estimate of drug-likeness (QED) is 0.323. The summed E-state index contributed by atoms with van der Waals surface area (Å²) in [4.78, 5) is 9.00. The Morgan fingerprint density at radius 1 is 1.14 bits per heavy atom. The smallest absolute Gasteiger partial charge is 0.159 e. The van der Waals surface area contributed by atoms with E-state index in [4.69, 9.17) is 20.2 Å². The zero-order valence-corrected chi connectivity index (χ0v) is 22.0. The lowest BCUT2D eigenvalue weighted by Crippen LogP contribution is -2.09. The number of aryl methyl sites for hydroxylation is 1. The Morgan fingerprint density at radius 3 is 2.57 bits per heavy atom. The molecule has 1 saturated carbocycles. The highest BCUT2D eigenvalue weighted by Crippen LogP contribution is 2.36. The van der Waals surface area contributed by atoms with Gasteiger partial charge in [-0.2, -0.15) is 15.5 Å². The summed E-state index contributed by atoms with van der Waals surface area (Å²) in [6.45, 7) is 11.6. The van der Waals surface area contributed by atoms with Crippen molar-refractivity contribution in [1.29, 1.82) is 5.26 Å². The Balaban J connectivity index is 1.48. The fourth-order valence-electron chi connectivity index (χ4n) is 4.82. The summed E-state index contributed by atoms with van der Waals surface area (Å²) in [6, 6.07) is 11.6. The van der Waals surface area contributed by atoms with Crippen LogP contribution >= 0.6 is 0 Å². The van der Waals surface area contributed by atoms with Crippen molar-refractivity contribution in [2.24, 2.45) is 5.92 Å². The molecule has 9 heteroatoms. The highest BCUT2D eigenvalue weighted by atomic mass is 16.5. The number of nitrogens with zero attached hydrogens (tertiary/aromatic N) is 7. The monoisotopic (exact) mass is 496 g/mol. The molecule has 0 bridgehead atoms. The lowest BCUT2D eigenvalue weighted by molar-refractivity contribution is 0.0755. The molecular weight excluding hydrogens is 464 g/mol. The maximum Gasteiger partial charge on any atom is 0.159 e. The largest absolute Gasteiger partial charge is 0.374 e. The Labute approximate surface area is 217 Å². The van der Waals surface area contributed by atoms with E-state index in [1.54, 1.807) is 6.33 Å².